The van der Waals surface area contributed by atoms with Crippen LogP contribution in [0, 0.1) is 5.92 Å². The number of hydrogen-bond donors (Lipinski definition) is 0. The third-order valence-corrected chi connectivity index (χ3v) is 6.82. The minimum absolute atomic E-state index is 0.0706. The molecule has 176 valence electrons. The van der Waals surface area contributed by atoms with Gasteiger partial charge in [0.15, 0.2) is 17.3 Å². The summed E-state index contributed by atoms with van der Waals surface area (Å²) >= 11 is 0. The van der Waals surface area contributed by atoms with Gasteiger partial charge in [-0.2, -0.15) is 17.2 Å². The van der Waals surface area contributed by atoms with Gasteiger partial charge in [0.05, 0.1) is 13.0 Å². The van der Waals surface area contributed by atoms with Crippen molar-refractivity contribution < 1.29 is 36.2 Å². The summed E-state index contributed by atoms with van der Waals surface area (Å²) in [4.78, 5) is 14.7. The van der Waals surface area contributed by atoms with Gasteiger partial charge in [0, 0.05) is 18.7 Å². The van der Waals surface area contributed by atoms with Gasteiger partial charge < -0.3 is 19.1 Å². The molecule has 0 aliphatic carbocycles. The SMILES string of the molecule is COc1cc(COC(=O)C2CCCN(C3=NS(=O)(=O)c4ccccc43)C2)ccc1OC(F)F. The Labute approximate surface area is 189 Å². The Morgan fingerprint density at radius 1 is 1.21 bits per heavy atom. The van der Waals surface area contributed by atoms with E-state index in [4.69, 9.17) is 9.47 Å². The van der Waals surface area contributed by atoms with Crippen LogP contribution < -0.4 is 9.47 Å². The van der Waals surface area contributed by atoms with E-state index in [2.05, 4.69) is 9.13 Å². The van der Waals surface area contributed by atoms with E-state index in [1.54, 1.807) is 23.1 Å². The molecule has 33 heavy (non-hydrogen) atoms. The number of fused-ring (bicyclic) bond motifs is 1. The monoisotopic (exact) mass is 480 g/mol. The van der Waals surface area contributed by atoms with Gasteiger partial charge in [-0.15, -0.1) is 4.40 Å². The average molecular weight is 480 g/mol. The molecule has 0 N–H and O–H groups in total. The highest BCUT2D eigenvalue weighted by molar-refractivity contribution is 7.90. The molecule has 8 nitrogen and oxygen atoms in total. The van der Waals surface area contributed by atoms with E-state index in [-0.39, 0.29) is 29.5 Å². The maximum atomic E-state index is 12.7. The van der Waals surface area contributed by atoms with Crippen molar-refractivity contribution in [2.24, 2.45) is 10.3 Å². The molecule has 1 fully saturated rings. The molecule has 1 saturated heterocycles. The zero-order chi connectivity index (χ0) is 23.6. The van der Waals surface area contributed by atoms with Gasteiger partial charge in [-0.05, 0) is 42.7 Å². The smallest absolute Gasteiger partial charge is 0.387 e. The summed E-state index contributed by atoms with van der Waals surface area (Å²) in [5.74, 6) is -0.547. The number of sulfonamides is 1. The van der Waals surface area contributed by atoms with Gasteiger partial charge in [-0.25, -0.2) is 0 Å². The van der Waals surface area contributed by atoms with Gasteiger partial charge in [-0.3, -0.25) is 4.79 Å². The standard InChI is InChI=1S/C22H22F2N2O6S/c1-30-18-11-14(8-9-17(18)32-22(23)24)13-31-21(27)15-5-4-10-26(12-15)20-16-6-2-3-7-19(16)33(28,29)25-20/h2-3,6-9,11,15,22H,4-5,10,12-13H2,1H3. The van der Waals surface area contributed by atoms with Gasteiger partial charge in [0.25, 0.3) is 10.0 Å². The number of benzene rings is 2. The Bertz CT molecular complexity index is 1190. The van der Waals surface area contributed by atoms with Crippen molar-refractivity contribution >= 4 is 21.8 Å². The van der Waals surface area contributed by atoms with Crippen molar-refractivity contribution in [3.8, 4) is 11.5 Å². The summed E-state index contributed by atoms with van der Waals surface area (Å²) in [6.45, 7) is -2.19. The third-order valence-electron chi connectivity index (χ3n) is 5.49. The lowest BCUT2D eigenvalue weighted by Crippen LogP contribution is -2.42. The number of methoxy groups -OCH3 is 1. The molecule has 2 aliphatic heterocycles. The van der Waals surface area contributed by atoms with E-state index in [0.29, 0.717) is 36.3 Å². The van der Waals surface area contributed by atoms with Crippen LogP contribution in [0.1, 0.15) is 24.0 Å². The molecule has 2 aliphatic rings. The van der Waals surface area contributed by atoms with E-state index in [9.17, 15) is 22.0 Å². The quantitative estimate of drug-likeness (QED) is 0.586. The molecule has 2 heterocycles. The Morgan fingerprint density at radius 3 is 2.76 bits per heavy atom. The van der Waals surface area contributed by atoms with Crippen molar-refractivity contribution in [3.05, 3.63) is 53.6 Å². The minimum atomic E-state index is -3.74. The second-order valence-corrected chi connectivity index (χ2v) is 9.22. The van der Waals surface area contributed by atoms with Crippen LogP contribution in [0.3, 0.4) is 0 Å². The van der Waals surface area contributed by atoms with Crippen LogP contribution >= 0.6 is 0 Å². The molecule has 4 rings (SSSR count). The molecule has 0 saturated carbocycles. The maximum Gasteiger partial charge on any atom is 0.387 e. The van der Waals surface area contributed by atoms with Crippen molar-refractivity contribution in [1.82, 2.24) is 4.90 Å². The number of nitrogens with zero attached hydrogens (tertiary/aromatic N) is 2. The number of carbonyl (C=O) groups is 1. The molecule has 1 unspecified atom stereocenters. The van der Waals surface area contributed by atoms with Gasteiger partial charge in [0.2, 0.25) is 0 Å². The predicted molar refractivity (Wildman–Crippen MR) is 114 cm³/mol. The number of halogens is 2. The summed E-state index contributed by atoms with van der Waals surface area (Å²) in [6.07, 6.45) is 1.27. The molecule has 0 amide bonds. The lowest BCUT2D eigenvalue weighted by Gasteiger charge is -2.32. The maximum absolute atomic E-state index is 12.7. The largest absolute Gasteiger partial charge is 0.493 e. The number of piperidine rings is 1. The van der Waals surface area contributed by atoms with Gasteiger partial charge in [0.1, 0.15) is 11.5 Å². The molecule has 11 heteroatoms. The van der Waals surface area contributed by atoms with Crippen LogP contribution in [0.15, 0.2) is 51.8 Å². The number of amidine groups is 1. The van der Waals surface area contributed by atoms with Crippen LogP contribution in [-0.2, 0) is 26.2 Å². The highest BCUT2D eigenvalue weighted by Crippen LogP contribution is 2.31. The minimum Gasteiger partial charge on any atom is -0.493 e. The molecular formula is C22H22F2N2O6S. The first-order valence-electron chi connectivity index (χ1n) is 10.3. The first-order chi connectivity index (χ1) is 15.8. The van der Waals surface area contributed by atoms with E-state index in [1.165, 1.54) is 31.4 Å². The molecule has 0 radical (unpaired) electrons. The summed E-state index contributed by atoms with van der Waals surface area (Å²) in [7, 11) is -2.42. The Hall–Kier alpha value is -3.21. The van der Waals surface area contributed by atoms with Crippen molar-refractivity contribution in [2.75, 3.05) is 20.2 Å². The van der Waals surface area contributed by atoms with Crippen LogP contribution in [0.5, 0.6) is 11.5 Å². The summed E-state index contributed by atoms with van der Waals surface area (Å²) in [6, 6.07) is 10.9. The normalized spacial score (nSPS) is 19.1. The van der Waals surface area contributed by atoms with Gasteiger partial charge in [-0.1, -0.05) is 18.2 Å². The highest BCUT2D eigenvalue weighted by atomic mass is 32.2. The second-order valence-electron chi connectivity index (χ2n) is 7.64. The predicted octanol–water partition coefficient (Wildman–Crippen LogP) is 3.20. The molecule has 2 aromatic rings. The highest BCUT2D eigenvalue weighted by Gasteiger charge is 2.35. The first-order valence-corrected chi connectivity index (χ1v) is 11.7. The lowest BCUT2D eigenvalue weighted by molar-refractivity contribution is -0.151. The molecule has 0 aromatic heterocycles. The van der Waals surface area contributed by atoms with Crippen molar-refractivity contribution in [3.63, 3.8) is 0 Å². The number of alkyl halides is 2. The lowest BCUT2D eigenvalue weighted by atomic mass is 9.97. The molecule has 1 atom stereocenters. The van der Waals surface area contributed by atoms with Crippen LogP contribution in [0.25, 0.3) is 0 Å². The summed E-state index contributed by atoms with van der Waals surface area (Å²) in [5, 5.41) is 0. The van der Waals surface area contributed by atoms with E-state index < -0.39 is 28.5 Å². The Balaban J connectivity index is 1.41. The number of hydrogen-bond acceptors (Lipinski definition) is 7. The number of rotatable bonds is 6. The zero-order valence-electron chi connectivity index (χ0n) is 17.7. The van der Waals surface area contributed by atoms with Crippen LogP contribution in [0.4, 0.5) is 8.78 Å². The van der Waals surface area contributed by atoms with Crippen molar-refractivity contribution in [2.45, 2.75) is 31.0 Å². The topological polar surface area (TPSA) is 94.5 Å². The Morgan fingerprint density at radius 2 is 2.00 bits per heavy atom. The van der Waals surface area contributed by atoms with Crippen molar-refractivity contribution in [1.29, 1.82) is 0 Å². The van der Waals surface area contributed by atoms with E-state index >= 15 is 0 Å². The zero-order valence-corrected chi connectivity index (χ0v) is 18.6. The molecule has 2 aromatic carbocycles. The van der Waals surface area contributed by atoms with Gasteiger partial charge >= 0.3 is 12.6 Å². The Kier molecular flexibility index (Phi) is 6.50. The number of ether oxygens (including phenoxy) is 3. The fraction of sp³-hybridized carbons (Fsp3) is 0.364. The number of likely N-dealkylation sites (tertiary alicyclic amines) is 1. The van der Waals surface area contributed by atoms with Crippen LogP contribution in [0.2, 0.25) is 0 Å². The van der Waals surface area contributed by atoms with E-state index in [1.807, 2.05) is 0 Å². The summed E-state index contributed by atoms with van der Waals surface area (Å²) in [5.41, 5.74) is 1.08. The fourth-order valence-electron chi connectivity index (χ4n) is 3.95. The number of esters is 1. The second kappa shape index (κ2) is 9.34. The molecule has 0 bridgehead atoms. The summed E-state index contributed by atoms with van der Waals surface area (Å²) < 4.78 is 68.5. The first kappa shape index (κ1) is 23.0. The van der Waals surface area contributed by atoms with E-state index in [0.717, 1.165) is 0 Å². The average Bonchev–Trinajstić information content (AvgIpc) is 3.09. The number of carbonyl (C=O) groups excluding carboxylic acids is 1. The molecule has 0 spiro atoms. The third kappa shape index (κ3) is 4.92. The van der Waals surface area contributed by atoms with Crippen LogP contribution in [-0.4, -0.2) is 51.9 Å². The fourth-order valence-corrected chi connectivity index (χ4v) is 5.17. The molecular weight excluding hydrogens is 458 g/mol.